The Hall–Kier alpha value is -4.10. The van der Waals surface area contributed by atoms with Gasteiger partial charge in [0.2, 0.25) is 5.89 Å². The molecule has 33 heavy (non-hydrogen) atoms. The highest BCUT2D eigenvalue weighted by molar-refractivity contribution is 5.95. The topological polar surface area (TPSA) is 98.9 Å². The number of piperidine rings is 1. The minimum absolute atomic E-state index is 0.135. The van der Waals surface area contributed by atoms with Crippen LogP contribution in [0.1, 0.15) is 42.3 Å². The molecule has 0 amide bonds. The van der Waals surface area contributed by atoms with Crippen molar-refractivity contribution in [1.29, 1.82) is 10.5 Å². The second-order valence-corrected chi connectivity index (χ2v) is 9.08. The molecule has 0 aliphatic carbocycles. The minimum Gasteiger partial charge on any atom is -0.440 e. The summed E-state index contributed by atoms with van der Waals surface area (Å²) in [6, 6.07) is 15.5. The van der Waals surface area contributed by atoms with Crippen molar-refractivity contribution in [2.45, 2.75) is 32.1 Å². The summed E-state index contributed by atoms with van der Waals surface area (Å²) in [6.07, 6.45) is 1.55. The van der Waals surface area contributed by atoms with Crippen molar-refractivity contribution in [3.05, 3.63) is 69.3 Å². The van der Waals surface area contributed by atoms with E-state index in [1.54, 1.807) is 19.2 Å². The molecule has 0 spiro atoms. The number of benzene rings is 2. The summed E-state index contributed by atoms with van der Waals surface area (Å²) >= 11 is 0. The van der Waals surface area contributed by atoms with Crippen LogP contribution in [0.15, 0.2) is 45.6 Å². The monoisotopic (exact) mass is 437 g/mol. The van der Waals surface area contributed by atoms with Gasteiger partial charge in [-0.25, -0.2) is 4.98 Å². The molecule has 1 saturated heterocycles. The summed E-state index contributed by atoms with van der Waals surface area (Å²) in [5.74, 6) is 0.732. The number of hydrogen-bond acceptors (Lipinski definition) is 6. The zero-order valence-electron chi connectivity index (χ0n) is 18.8. The van der Waals surface area contributed by atoms with E-state index in [2.05, 4.69) is 24.0 Å². The first-order valence-corrected chi connectivity index (χ1v) is 10.9. The fraction of sp³-hybridized carbons (Fsp3) is 0.308. The van der Waals surface area contributed by atoms with Crippen molar-refractivity contribution >= 4 is 27.7 Å². The molecule has 164 valence electrons. The number of aryl methyl sites for hydroxylation is 2. The molecular weight excluding hydrogens is 414 g/mol. The van der Waals surface area contributed by atoms with E-state index in [1.807, 2.05) is 31.2 Å². The van der Waals surface area contributed by atoms with Crippen molar-refractivity contribution < 1.29 is 4.42 Å². The Morgan fingerprint density at radius 1 is 1.09 bits per heavy atom. The summed E-state index contributed by atoms with van der Waals surface area (Å²) in [5.41, 5.74) is 4.12. The zero-order chi connectivity index (χ0) is 23.3. The fourth-order valence-corrected chi connectivity index (χ4v) is 4.75. The number of nitriles is 2. The molecule has 0 bridgehead atoms. The predicted molar refractivity (Wildman–Crippen MR) is 126 cm³/mol. The van der Waals surface area contributed by atoms with Crippen molar-refractivity contribution in [2.24, 2.45) is 7.05 Å². The Morgan fingerprint density at radius 2 is 1.85 bits per heavy atom. The molecule has 2 aromatic carbocycles. The summed E-state index contributed by atoms with van der Waals surface area (Å²) in [5, 5.41) is 19.9. The Kier molecular flexibility index (Phi) is 4.72. The van der Waals surface area contributed by atoms with E-state index in [1.165, 1.54) is 4.57 Å². The molecule has 0 N–H and O–H groups in total. The van der Waals surface area contributed by atoms with Gasteiger partial charge in [0, 0.05) is 30.9 Å². The molecule has 5 rings (SSSR count). The summed E-state index contributed by atoms with van der Waals surface area (Å²) in [7, 11) is 1.64. The quantitative estimate of drug-likeness (QED) is 0.464. The first-order chi connectivity index (χ1) is 15.8. The summed E-state index contributed by atoms with van der Waals surface area (Å²) in [6.45, 7) is 5.51. The number of aromatic nitrogens is 2. The van der Waals surface area contributed by atoms with Crippen molar-refractivity contribution in [2.75, 3.05) is 18.0 Å². The van der Waals surface area contributed by atoms with Crippen LogP contribution in [0.3, 0.4) is 0 Å². The van der Waals surface area contributed by atoms with Crippen LogP contribution in [-0.2, 0) is 12.5 Å². The number of anilines is 1. The molecule has 0 saturated carbocycles. The lowest BCUT2D eigenvalue weighted by Crippen LogP contribution is -2.42. The molecule has 7 heteroatoms. The molecule has 0 radical (unpaired) electrons. The smallest absolute Gasteiger partial charge is 0.270 e. The van der Waals surface area contributed by atoms with Gasteiger partial charge in [-0.15, -0.1) is 0 Å². The van der Waals surface area contributed by atoms with E-state index in [9.17, 15) is 15.3 Å². The minimum atomic E-state index is -0.349. The maximum Gasteiger partial charge on any atom is 0.270 e. The number of fused-ring (bicyclic) bond motifs is 2. The SMILES string of the molecule is Cc1ccc2oc(C3(C)CCN(c4c(C#N)c(=O)n(C)c5cc(C#N)ccc45)CC3)nc2c1. The average Bonchev–Trinajstić information content (AvgIpc) is 3.26. The molecule has 1 aliphatic rings. The molecule has 0 atom stereocenters. The Labute approximate surface area is 191 Å². The molecule has 0 unspecified atom stereocenters. The van der Waals surface area contributed by atoms with Gasteiger partial charge >= 0.3 is 0 Å². The maximum atomic E-state index is 13.0. The lowest BCUT2D eigenvalue weighted by Gasteiger charge is -2.39. The first-order valence-electron chi connectivity index (χ1n) is 10.9. The molecule has 1 fully saturated rings. The van der Waals surface area contributed by atoms with E-state index in [-0.39, 0.29) is 16.5 Å². The van der Waals surface area contributed by atoms with Crippen molar-refractivity contribution in [3.63, 3.8) is 0 Å². The molecule has 3 heterocycles. The first kappa shape index (κ1) is 20.8. The van der Waals surface area contributed by atoms with Gasteiger partial charge in [-0.3, -0.25) is 4.79 Å². The third kappa shape index (κ3) is 3.25. The lowest BCUT2D eigenvalue weighted by atomic mass is 9.80. The predicted octanol–water partition coefficient (Wildman–Crippen LogP) is 4.29. The van der Waals surface area contributed by atoms with Gasteiger partial charge in [-0.1, -0.05) is 13.0 Å². The van der Waals surface area contributed by atoms with Gasteiger partial charge in [0.25, 0.3) is 5.56 Å². The maximum absolute atomic E-state index is 13.0. The Balaban J connectivity index is 1.54. The average molecular weight is 438 g/mol. The van der Waals surface area contributed by atoms with Crippen LogP contribution >= 0.6 is 0 Å². The highest BCUT2D eigenvalue weighted by atomic mass is 16.3. The van der Waals surface area contributed by atoms with Crippen molar-refractivity contribution in [3.8, 4) is 12.1 Å². The van der Waals surface area contributed by atoms with Gasteiger partial charge in [0.1, 0.15) is 17.1 Å². The normalized spacial score (nSPS) is 15.5. The van der Waals surface area contributed by atoms with Gasteiger partial charge < -0.3 is 13.9 Å². The number of pyridine rings is 1. The van der Waals surface area contributed by atoms with Gasteiger partial charge in [-0.05, 0) is 55.7 Å². The standard InChI is InChI=1S/C26H23N5O2/c1-16-4-7-22-20(12-16)29-25(33-22)26(2)8-10-31(11-9-26)23-18-6-5-17(14-27)13-21(18)30(3)24(32)19(23)15-28/h4-7,12-13H,8-11H2,1-3H3. The number of oxazole rings is 1. The van der Waals surface area contributed by atoms with Gasteiger partial charge in [-0.2, -0.15) is 10.5 Å². The van der Waals surface area contributed by atoms with Crippen LogP contribution in [0, 0.1) is 29.6 Å². The van der Waals surface area contributed by atoms with Crippen LogP contribution in [0.4, 0.5) is 5.69 Å². The van der Waals surface area contributed by atoms with E-state index in [4.69, 9.17) is 9.40 Å². The largest absolute Gasteiger partial charge is 0.440 e. The second-order valence-electron chi connectivity index (χ2n) is 9.08. The Bertz CT molecular complexity index is 1560. The number of nitrogens with zero attached hydrogens (tertiary/aromatic N) is 5. The zero-order valence-corrected chi connectivity index (χ0v) is 18.8. The molecule has 1 aliphatic heterocycles. The number of hydrogen-bond donors (Lipinski definition) is 0. The Morgan fingerprint density at radius 3 is 2.55 bits per heavy atom. The summed E-state index contributed by atoms with van der Waals surface area (Å²) in [4.78, 5) is 19.8. The van der Waals surface area contributed by atoms with Crippen LogP contribution < -0.4 is 10.5 Å². The van der Waals surface area contributed by atoms with Crippen LogP contribution in [0.2, 0.25) is 0 Å². The highest BCUT2D eigenvalue weighted by Crippen LogP contribution is 2.39. The second kappa shape index (κ2) is 7.50. The van der Waals surface area contributed by atoms with E-state index in [0.717, 1.165) is 40.8 Å². The van der Waals surface area contributed by atoms with Gasteiger partial charge in [0.15, 0.2) is 5.58 Å². The highest BCUT2D eigenvalue weighted by Gasteiger charge is 2.37. The number of rotatable bonds is 2. The molecule has 4 aromatic rings. The third-order valence-electron chi connectivity index (χ3n) is 6.85. The summed E-state index contributed by atoms with van der Waals surface area (Å²) < 4.78 is 7.57. The van der Waals surface area contributed by atoms with Crippen LogP contribution in [0.5, 0.6) is 0 Å². The van der Waals surface area contributed by atoms with E-state index in [0.29, 0.717) is 29.9 Å². The molecule has 2 aromatic heterocycles. The van der Waals surface area contributed by atoms with E-state index >= 15 is 0 Å². The molecular formula is C26H23N5O2. The van der Waals surface area contributed by atoms with E-state index < -0.39 is 0 Å². The van der Waals surface area contributed by atoms with Crippen molar-refractivity contribution in [1.82, 2.24) is 9.55 Å². The molecule has 7 nitrogen and oxygen atoms in total. The van der Waals surface area contributed by atoms with Crippen LogP contribution in [-0.4, -0.2) is 22.6 Å². The van der Waals surface area contributed by atoms with Crippen LogP contribution in [0.25, 0.3) is 22.0 Å². The fourth-order valence-electron chi connectivity index (χ4n) is 4.75. The third-order valence-corrected chi connectivity index (χ3v) is 6.85. The lowest BCUT2D eigenvalue weighted by molar-refractivity contribution is 0.292. The van der Waals surface area contributed by atoms with Gasteiger partial charge in [0.05, 0.1) is 22.8 Å².